The van der Waals surface area contributed by atoms with E-state index in [1.54, 1.807) is 0 Å². The van der Waals surface area contributed by atoms with Crippen LogP contribution in [-0.2, 0) is 5.41 Å². The van der Waals surface area contributed by atoms with Crippen LogP contribution in [0.3, 0.4) is 0 Å². The normalized spacial score (nSPS) is 12.8. The van der Waals surface area contributed by atoms with Crippen molar-refractivity contribution in [3.8, 4) is 11.5 Å². The highest BCUT2D eigenvalue weighted by Crippen LogP contribution is 2.47. The summed E-state index contributed by atoms with van der Waals surface area (Å²) in [7, 11) is 0. The van der Waals surface area contributed by atoms with E-state index in [2.05, 4.69) is 52.0 Å². The van der Waals surface area contributed by atoms with Crippen LogP contribution in [0.15, 0.2) is 48.5 Å². The fourth-order valence-corrected chi connectivity index (χ4v) is 4.27. The second-order valence-corrected chi connectivity index (χ2v) is 7.53. The van der Waals surface area contributed by atoms with Crippen LogP contribution in [0.25, 0.3) is 0 Å². The molecule has 0 aromatic heterocycles. The fraction of sp³-hybridized carbons (Fsp3) is 0.500. The van der Waals surface area contributed by atoms with Gasteiger partial charge in [0, 0.05) is 5.41 Å². The highest BCUT2D eigenvalue weighted by atomic mass is 16.5. The third kappa shape index (κ3) is 4.68. The van der Waals surface area contributed by atoms with Gasteiger partial charge < -0.3 is 19.7 Å². The van der Waals surface area contributed by atoms with Gasteiger partial charge in [-0.3, -0.25) is 0 Å². The summed E-state index contributed by atoms with van der Waals surface area (Å²) in [6.07, 6.45) is 1.06. The molecule has 0 aliphatic heterocycles. The maximum Gasteiger partial charge on any atom is 0.119 e. The Bertz CT molecular complexity index is 640. The van der Waals surface area contributed by atoms with Crippen LogP contribution in [0.5, 0.6) is 11.5 Å². The van der Waals surface area contributed by atoms with E-state index < -0.39 is 0 Å². The van der Waals surface area contributed by atoms with E-state index in [1.807, 2.05) is 24.3 Å². The number of aliphatic hydroxyl groups is 2. The Balaban J connectivity index is 2.48. The maximum absolute atomic E-state index is 8.96. The fourth-order valence-electron chi connectivity index (χ4n) is 4.27. The van der Waals surface area contributed by atoms with Crippen LogP contribution in [0.1, 0.15) is 45.2 Å². The van der Waals surface area contributed by atoms with Crippen molar-refractivity contribution in [3.63, 3.8) is 0 Å². The van der Waals surface area contributed by atoms with Gasteiger partial charge in [0.15, 0.2) is 0 Å². The standard InChI is InChI=1S/C24H34O4/c1-5-19(4)24(18(2)3,20-6-10-22(11-7-20)27-16-14-25)21-8-12-23(13-9-21)28-17-15-26/h6-13,18-19,25-26H,5,14-17H2,1-4H3. The highest BCUT2D eigenvalue weighted by molar-refractivity contribution is 5.44. The van der Waals surface area contributed by atoms with Crippen molar-refractivity contribution in [2.45, 2.75) is 39.5 Å². The van der Waals surface area contributed by atoms with E-state index in [-0.39, 0.29) is 18.6 Å². The smallest absolute Gasteiger partial charge is 0.119 e. The summed E-state index contributed by atoms with van der Waals surface area (Å²) in [6.45, 7) is 9.72. The first-order valence-corrected chi connectivity index (χ1v) is 10.2. The molecular weight excluding hydrogens is 352 g/mol. The predicted molar refractivity (Wildman–Crippen MR) is 113 cm³/mol. The molecule has 0 bridgehead atoms. The van der Waals surface area contributed by atoms with Gasteiger partial charge in [0.05, 0.1) is 13.2 Å². The molecule has 2 aromatic carbocycles. The average molecular weight is 387 g/mol. The zero-order valence-corrected chi connectivity index (χ0v) is 17.5. The molecule has 0 aliphatic rings. The van der Waals surface area contributed by atoms with Gasteiger partial charge >= 0.3 is 0 Å². The molecule has 2 aromatic rings. The Morgan fingerprint density at radius 2 is 1.14 bits per heavy atom. The third-order valence-electron chi connectivity index (χ3n) is 5.68. The molecule has 1 unspecified atom stereocenters. The van der Waals surface area contributed by atoms with Crippen LogP contribution < -0.4 is 9.47 Å². The maximum atomic E-state index is 8.96. The Labute approximate surface area is 169 Å². The van der Waals surface area contributed by atoms with E-state index in [9.17, 15) is 0 Å². The lowest BCUT2D eigenvalue weighted by Crippen LogP contribution is -2.40. The molecule has 0 aliphatic carbocycles. The quantitative estimate of drug-likeness (QED) is 0.600. The van der Waals surface area contributed by atoms with Gasteiger partial charge in [0.25, 0.3) is 0 Å². The van der Waals surface area contributed by atoms with Gasteiger partial charge in [-0.25, -0.2) is 0 Å². The number of hydrogen-bond acceptors (Lipinski definition) is 4. The summed E-state index contributed by atoms with van der Waals surface area (Å²) < 4.78 is 11.1. The van der Waals surface area contributed by atoms with Gasteiger partial charge in [0.2, 0.25) is 0 Å². The summed E-state index contributed by atoms with van der Waals surface area (Å²) >= 11 is 0. The third-order valence-corrected chi connectivity index (χ3v) is 5.68. The topological polar surface area (TPSA) is 58.9 Å². The SMILES string of the molecule is CCC(C)C(c1ccc(OCCO)cc1)(c1ccc(OCCO)cc1)C(C)C. The number of rotatable bonds is 11. The molecule has 0 saturated carbocycles. The number of benzene rings is 2. The Morgan fingerprint density at radius 3 is 1.43 bits per heavy atom. The van der Waals surface area contributed by atoms with Gasteiger partial charge in [0.1, 0.15) is 24.7 Å². The molecule has 0 spiro atoms. The van der Waals surface area contributed by atoms with Crippen molar-refractivity contribution in [3.05, 3.63) is 59.7 Å². The molecule has 28 heavy (non-hydrogen) atoms. The molecule has 4 nitrogen and oxygen atoms in total. The largest absolute Gasteiger partial charge is 0.491 e. The lowest BCUT2D eigenvalue weighted by atomic mass is 9.59. The van der Waals surface area contributed by atoms with E-state index in [4.69, 9.17) is 19.7 Å². The zero-order valence-electron chi connectivity index (χ0n) is 17.5. The van der Waals surface area contributed by atoms with Crippen LogP contribution in [-0.4, -0.2) is 36.6 Å². The van der Waals surface area contributed by atoms with Crippen molar-refractivity contribution in [2.24, 2.45) is 11.8 Å². The van der Waals surface area contributed by atoms with Gasteiger partial charge in [-0.15, -0.1) is 0 Å². The number of aliphatic hydroxyl groups excluding tert-OH is 2. The van der Waals surface area contributed by atoms with E-state index in [0.717, 1.165) is 17.9 Å². The molecular formula is C24H34O4. The Hall–Kier alpha value is -2.04. The summed E-state index contributed by atoms with van der Waals surface area (Å²) in [5.41, 5.74) is 2.38. The highest BCUT2D eigenvalue weighted by Gasteiger charge is 2.41. The van der Waals surface area contributed by atoms with Gasteiger partial charge in [-0.05, 0) is 47.2 Å². The Morgan fingerprint density at radius 1 is 0.750 bits per heavy atom. The molecule has 1 atom stereocenters. The van der Waals surface area contributed by atoms with E-state index in [1.165, 1.54) is 11.1 Å². The van der Waals surface area contributed by atoms with Crippen LogP contribution >= 0.6 is 0 Å². The van der Waals surface area contributed by atoms with E-state index in [0.29, 0.717) is 25.0 Å². The lowest BCUT2D eigenvalue weighted by molar-refractivity contribution is 0.201. The predicted octanol–water partition coefficient (Wildman–Crippen LogP) is 4.42. The van der Waals surface area contributed by atoms with Crippen molar-refractivity contribution < 1.29 is 19.7 Å². The summed E-state index contributed by atoms with van der Waals surface area (Å²) in [5, 5.41) is 17.9. The van der Waals surface area contributed by atoms with Crippen molar-refractivity contribution >= 4 is 0 Å². The first kappa shape index (κ1) is 22.3. The molecule has 0 amide bonds. The minimum atomic E-state index is -0.139. The molecule has 0 radical (unpaired) electrons. The summed E-state index contributed by atoms with van der Waals surface area (Å²) in [4.78, 5) is 0. The molecule has 154 valence electrons. The minimum Gasteiger partial charge on any atom is -0.491 e. The molecule has 2 rings (SSSR count). The van der Waals surface area contributed by atoms with Crippen molar-refractivity contribution in [1.29, 1.82) is 0 Å². The molecule has 2 N–H and O–H groups in total. The minimum absolute atomic E-state index is 0.00918. The molecule has 0 saturated heterocycles. The van der Waals surface area contributed by atoms with Gasteiger partial charge in [-0.2, -0.15) is 0 Å². The van der Waals surface area contributed by atoms with Crippen LogP contribution in [0.2, 0.25) is 0 Å². The monoisotopic (exact) mass is 386 g/mol. The Kier molecular flexibility index (Phi) is 8.34. The molecule has 0 fully saturated rings. The lowest BCUT2D eigenvalue weighted by Gasteiger charge is -2.44. The number of ether oxygens (including phenoxy) is 2. The van der Waals surface area contributed by atoms with Gasteiger partial charge in [-0.1, -0.05) is 58.4 Å². The van der Waals surface area contributed by atoms with E-state index >= 15 is 0 Å². The van der Waals surface area contributed by atoms with Crippen molar-refractivity contribution in [1.82, 2.24) is 0 Å². The molecule has 0 heterocycles. The van der Waals surface area contributed by atoms with Crippen LogP contribution in [0, 0.1) is 11.8 Å². The zero-order chi connectivity index (χ0) is 20.6. The first-order valence-electron chi connectivity index (χ1n) is 10.2. The summed E-state index contributed by atoms with van der Waals surface area (Å²) in [6, 6.07) is 16.5. The average Bonchev–Trinajstić information content (AvgIpc) is 2.72. The van der Waals surface area contributed by atoms with Crippen molar-refractivity contribution in [2.75, 3.05) is 26.4 Å². The first-order chi connectivity index (χ1) is 13.5. The number of hydrogen-bond donors (Lipinski definition) is 2. The second kappa shape index (κ2) is 10.5. The summed E-state index contributed by atoms with van der Waals surface area (Å²) in [5.74, 6) is 2.36. The van der Waals surface area contributed by atoms with Crippen LogP contribution in [0.4, 0.5) is 0 Å². The molecule has 4 heteroatoms. The second-order valence-electron chi connectivity index (χ2n) is 7.53.